The summed E-state index contributed by atoms with van der Waals surface area (Å²) < 4.78 is 37.2. The Hall–Kier alpha value is -1.60. The van der Waals surface area contributed by atoms with Crippen molar-refractivity contribution in [3.8, 4) is 0 Å². The molecule has 0 bridgehead atoms. The van der Waals surface area contributed by atoms with Crippen LogP contribution in [0.3, 0.4) is 0 Å². The van der Waals surface area contributed by atoms with Crippen molar-refractivity contribution in [2.75, 3.05) is 13.1 Å². The molecule has 7 heteroatoms. The molecule has 4 nitrogen and oxygen atoms in total. The molecular weight excluding hydrogens is 285 g/mol. The Morgan fingerprint density at radius 3 is 2.29 bits per heavy atom. The topological polar surface area (TPSA) is 61.4 Å². The van der Waals surface area contributed by atoms with Crippen LogP contribution in [0.1, 0.15) is 31.1 Å². The highest BCUT2D eigenvalue weighted by Gasteiger charge is 2.30. The fraction of sp³-hybridized carbons (Fsp3) is 0.500. The van der Waals surface area contributed by atoms with Crippen LogP contribution in [0.15, 0.2) is 24.3 Å². The molecule has 1 aromatic carbocycles. The first kappa shape index (κ1) is 17.5. The van der Waals surface area contributed by atoms with Gasteiger partial charge in [0.1, 0.15) is 0 Å². The Morgan fingerprint density at radius 2 is 1.81 bits per heavy atom. The standard InChI is InChI=1S/C14H19F3N2O2/c1-9(2)19-13(21)8-18-7-12(20)10-3-5-11(6-4-10)14(15,16)17/h3-6,9,12,18,20H,7-8H2,1-2H3,(H,19,21). The van der Waals surface area contributed by atoms with Crippen LogP contribution in [0.25, 0.3) is 0 Å². The number of amides is 1. The molecule has 1 amide bonds. The van der Waals surface area contributed by atoms with Crippen LogP contribution in [-0.2, 0) is 11.0 Å². The quantitative estimate of drug-likeness (QED) is 0.752. The molecule has 0 aliphatic carbocycles. The van der Waals surface area contributed by atoms with Gasteiger partial charge in [0.2, 0.25) is 5.91 Å². The smallest absolute Gasteiger partial charge is 0.387 e. The van der Waals surface area contributed by atoms with E-state index in [1.54, 1.807) is 0 Å². The summed E-state index contributed by atoms with van der Waals surface area (Å²) in [6, 6.07) is 4.32. The number of alkyl halides is 3. The zero-order chi connectivity index (χ0) is 16.0. The van der Waals surface area contributed by atoms with Gasteiger partial charge in [0.25, 0.3) is 0 Å². The molecule has 0 heterocycles. The fourth-order valence-corrected chi connectivity index (χ4v) is 1.71. The Morgan fingerprint density at radius 1 is 1.24 bits per heavy atom. The van der Waals surface area contributed by atoms with Gasteiger partial charge in [-0.15, -0.1) is 0 Å². The molecule has 0 aromatic heterocycles. The van der Waals surface area contributed by atoms with E-state index in [0.29, 0.717) is 5.56 Å². The van der Waals surface area contributed by atoms with E-state index in [2.05, 4.69) is 10.6 Å². The Bertz CT molecular complexity index is 458. The third-order valence-corrected chi connectivity index (χ3v) is 2.70. The van der Waals surface area contributed by atoms with Crippen molar-refractivity contribution in [3.63, 3.8) is 0 Å². The number of aliphatic hydroxyl groups is 1. The number of aliphatic hydroxyl groups excluding tert-OH is 1. The van der Waals surface area contributed by atoms with Gasteiger partial charge in [-0.1, -0.05) is 12.1 Å². The van der Waals surface area contributed by atoms with Gasteiger partial charge >= 0.3 is 6.18 Å². The van der Waals surface area contributed by atoms with Crippen molar-refractivity contribution < 1.29 is 23.1 Å². The molecule has 0 radical (unpaired) electrons. The normalized spacial score (nSPS) is 13.3. The second kappa shape index (κ2) is 7.42. The first-order valence-corrected chi connectivity index (χ1v) is 6.55. The zero-order valence-electron chi connectivity index (χ0n) is 11.9. The van der Waals surface area contributed by atoms with E-state index in [9.17, 15) is 23.1 Å². The van der Waals surface area contributed by atoms with E-state index >= 15 is 0 Å². The largest absolute Gasteiger partial charge is 0.416 e. The third-order valence-electron chi connectivity index (χ3n) is 2.70. The number of halogens is 3. The molecular formula is C14H19F3N2O2. The summed E-state index contributed by atoms with van der Waals surface area (Å²) in [5.74, 6) is -0.204. The lowest BCUT2D eigenvalue weighted by Crippen LogP contribution is -2.38. The molecule has 1 rings (SSSR count). The van der Waals surface area contributed by atoms with Crippen LogP contribution in [0.5, 0.6) is 0 Å². The van der Waals surface area contributed by atoms with Gasteiger partial charge in [-0.05, 0) is 31.5 Å². The highest BCUT2D eigenvalue weighted by Crippen LogP contribution is 2.29. The summed E-state index contributed by atoms with van der Waals surface area (Å²) in [4.78, 5) is 11.3. The van der Waals surface area contributed by atoms with Gasteiger partial charge in [-0.2, -0.15) is 13.2 Å². The van der Waals surface area contributed by atoms with E-state index in [1.165, 1.54) is 12.1 Å². The van der Waals surface area contributed by atoms with Crippen molar-refractivity contribution in [3.05, 3.63) is 35.4 Å². The summed E-state index contributed by atoms with van der Waals surface area (Å²) in [6.45, 7) is 3.77. The second-order valence-electron chi connectivity index (χ2n) is 4.99. The van der Waals surface area contributed by atoms with Crippen LogP contribution < -0.4 is 10.6 Å². The van der Waals surface area contributed by atoms with Gasteiger partial charge in [-0.25, -0.2) is 0 Å². The maximum atomic E-state index is 12.4. The maximum absolute atomic E-state index is 12.4. The van der Waals surface area contributed by atoms with Crippen LogP contribution in [0, 0.1) is 0 Å². The summed E-state index contributed by atoms with van der Waals surface area (Å²) in [7, 11) is 0. The number of carbonyl (C=O) groups excluding carboxylic acids is 1. The fourth-order valence-electron chi connectivity index (χ4n) is 1.71. The lowest BCUT2D eigenvalue weighted by molar-refractivity contribution is -0.137. The minimum Gasteiger partial charge on any atom is -0.387 e. The van der Waals surface area contributed by atoms with Crippen LogP contribution in [-0.4, -0.2) is 30.1 Å². The van der Waals surface area contributed by atoms with Gasteiger partial charge < -0.3 is 15.7 Å². The van der Waals surface area contributed by atoms with Gasteiger partial charge in [-0.3, -0.25) is 4.79 Å². The zero-order valence-corrected chi connectivity index (χ0v) is 11.9. The lowest BCUT2D eigenvalue weighted by atomic mass is 10.1. The molecule has 0 saturated heterocycles. The van der Waals surface area contributed by atoms with Gasteiger partial charge in [0.05, 0.1) is 18.2 Å². The van der Waals surface area contributed by atoms with Crippen molar-refractivity contribution in [1.82, 2.24) is 10.6 Å². The molecule has 0 saturated carbocycles. The molecule has 118 valence electrons. The molecule has 21 heavy (non-hydrogen) atoms. The number of carbonyl (C=O) groups is 1. The van der Waals surface area contributed by atoms with E-state index in [1.807, 2.05) is 13.8 Å². The van der Waals surface area contributed by atoms with Gasteiger partial charge in [0, 0.05) is 12.6 Å². The van der Waals surface area contributed by atoms with E-state index in [4.69, 9.17) is 0 Å². The summed E-state index contributed by atoms with van der Waals surface area (Å²) in [5.41, 5.74) is -0.400. The number of hydrogen-bond acceptors (Lipinski definition) is 3. The van der Waals surface area contributed by atoms with E-state index in [0.717, 1.165) is 12.1 Å². The molecule has 0 spiro atoms. The Balaban J connectivity index is 2.45. The molecule has 0 aliphatic rings. The minimum absolute atomic E-state index is 0.0270. The van der Waals surface area contributed by atoms with Gasteiger partial charge in [0.15, 0.2) is 0 Å². The van der Waals surface area contributed by atoms with Crippen LogP contribution >= 0.6 is 0 Å². The predicted octanol–water partition coefficient (Wildman–Crippen LogP) is 1.85. The summed E-state index contributed by atoms with van der Waals surface area (Å²) in [6.07, 6.45) is -5.37. The Kier molecular flexibility index (Phi) is 6.17. The van der Waals surface area contributed by atoms with Crippen molar-refractivity contribution >= 4 is 5.91 Å². The molecule has 0 fully saturated rings. The van der Waals surface area contributed by atoms with Crippen molar-refractivity contribution in [2.45, 2.75) is 32.2 Å². The summed E-state index contributed by atoms with van der Waals surface area (Å²) >= 11 is 0. The molecule has 1 atom stereocenters. The first-order valence-electron chi connectivity index (χ1n) is 6.55. The molecule has 3 N–H and O–H groups in total. The van der Waals surface area contributed by atoms with E-state index < -0.39 is 17.8 Å². The monoisotopic (exact) mass is 304 g/mol. The van der Waals surface area contributed by atoms with Crippen molar-refractivity contribution in [1.29, 1.82) is 0 Å². The average Bonchev–Trinajstić information content (AvgIpc) is 2.36. The lowest BCUT2D eigenvalue weighted by Gasteiger charge is -2.14. The van der Waals surface area contributed by atoms with Crippen LogP contribution in [0.2, 0.25) is 0 Å². The number of benzene rings is 1. The average molecular weight is 304 g/mol. The van der Waals surface area contributed by atoms with Crippen molar-refractivity contribution in [2.24, 2.45) is 0 Å². The highest BCUT2D eigenvalue weighted by atomic mass is 19.4. The summed E-state index contributed by atoms with van der Waals surface area (Å²) in [5, 5.41) is 15.3. The first-order chi connectivity index (χ1) is 9.70. The maximum Gasteiger partial charge on any atom is 0.416 e. The van der Waals surface area contributed by atoms with E-state index in [-0.39, 0.29) is 25.0 Å². The molecule has 1 aromatic rings. The van der Waals surface area contributed by atoms with Crippen LogP contribution in [0.4, 0.5) is 13.2 Å². The Labute approximate surface area is 121 Å². The number of rotatable bonds is 6. The predicted molar refractivity (Wildman–Crippen MR) is 72.6 cm³/mol. The third kappa shape index (κ3) is 6.14. The molecule has 1 unspecified atom stereocenters. The number of hydrogen-bond donors (Lipinski definition) is 3. The number of nitrogens with one attached hydrogen (secondary N) is 2. The minimum atomic E-state index is -4.39. The second-order valence-corrected chi connectivity index (χ2v) is 4.99. The molecule has 0 aliphatic heterocycles. The highest BCUT2D eigenvalue weighted by molar-refractivity contribution is 5.78. The SMILES string of the molecule is CC(C)NC(=O)CNCC(O)c1ccc(C(F)(F)F)cc1.